The van der Waals surface area contributed by atoms with Crippen molar-refractivity contribution in [2.45, 2.75) is 56.5 Å². The Morgan fingerprint density at radius 3 is 2.58 bits per heavy atom. The van der Waals surface area contributed by atoms with Crippen molar-refractivity contribution in [1.82, 2.24) is 15.5 Å². The van der Waals surface area contributed by atoms with Gasteiger partial charge in [0.05, 0.1) is 0 Å². The van der Waals surface area contributed by atoms with E-state index in [-0.39, 0.29) is 24.4 Å². The topological polar surface area (TPSA) is 83.8 Å². The smallest absolute Gasteiger partial charge is 0.271 e. The molecule has 0 aliphatic heterocycles. The number of hydrogen-bond donors (Lipinski definition) is 3. The van der Waals surface area contributed by atoms with Gasteiger partial charge < -0.3 is 11.1 Å². The first kappa shape index (κ1) is 14.3. The minimum atomic E-state index is -0.0568. The molecule has 0 radical (unpaired) electrons. The van der Waals surface area contributed by atoms with Crippen molar-refractivity contribution in [3.05, 3.63) is 17.5 Å². The number of nitrogens with two attached hydrogens (primary N) is 1. The van der Waals surface area contributed by atoms with Crippen LogP contribution in [0.2, 0.25) is 0 Å². The monoisotopic (exact) mass is 284 g/mol. The minimum Gasteiger partial charge on any atom is -0.348 e. The second-order valence-electron chi connectivity index (χ2n) is 5.57. The molecule has 0 aromatic carbocycles. The van der Waals surface area contributed by atoms with E-state index in [2.05, 4.69) is 15.5 Å². The first-order valence-corrected chi connectivity index (χ1v) is 6.84. The van der Waals surface area contributed by atoms with Crippen molar-refractivity contribution < 1.29 is 4.79 Å². The van der Waals surface area contributed by atoms with Gasteiger partial charge in [-0.3, -0.25) is 9.89 Å². The quantitative estimate of drug-likeness (QED) is 0.790. The van der Waals surface area contributed by atoms with Crippen molar-refractivity contribution in [3.63, 3.8) is 0 Å². The van der Waals surface area contributed by atoms with Gasteiger partial charge in [-0.15, -0.1) is 12.4 Å². The number of halogens is 1. The third-order valence-corrected chi connectivity index (χ3v) is 3.95. The summed E-state index contributed by atoms with van der Waals surface area (Å²) in [6.07, 6.45) is 6.38. The highest BCUT2D eigenvalue weighted by Crippen LogP contribution is 2.38. The van der Waals surface area contributed by atoms with E-state index < -0.39 is 0 Å². The summed E-state index contributed by atoms with van der Waals surface area (Å²) in [5, 5.41) is 10.1. The standard InChI is InChI=1S/C13H20N4O.ClH/c14-9-3-5-10(6-4-9)15-13(18)12-7-11(16-17-12)8-1-2-8;/h7-10H,1-6,14H2,(H,15,18)(H,16,17);1H. The molecule has 2 saturated carbocycles. The first-order valence-electron chi connectivity index (χ1n) is 6.84. The molecule has 0 saturated heterocycles. The highest BCUT2D eigenvalue weighted by Gasteiger charge is 2.27. The average Bonchev–Trinajstić information content (AvgIpc) is 3.10. The largest absolute Gasteiger partial charge is 0.348 e. The van der Waals surface area contributed by atoms with Crippen LogP contribution in [-0.2, 0) is 0 Å². The molecule has 2 fully saturated rings. The van der Waals surface area contributed by atoms with Crippen LogP contribution in [-0.4, -0.2) is 28.2 Å². The lowest BCUT2D eigenvalue weighted by Gasteiger charge is -2.26. The maximum absolute atomic E-state index is 12.0. The lowest BCUT2D eigenvalue weighted by atomic mass is 9.92. The number of carbonyl (C=O) groups is 1. The molecule has 1 amide bonds. The molecule has 4 N–H and O–H groups in total. The molecule has 0 bridgehead atoms. The Hall–Kier alpha value is -1.07. The fourth-order valence-corrected chi connectivity index (χ4v) is 2.58. The number of hydrogen-bond acceptors (Lipinski definition) is 3. The minimum absolute atomic E-state index is 0. The van der Waals surface area contributed by atoms with Gasteiger partial charge in [-0.05, 0) is 44.6 Å². The first-order chi connectivity index (χ1) is 8.72. The van der Waals surface area contributed by atoms with E-state index >= 15 is 0 Å². The van der Waals surface area contributed by atoms with Crippen molar-refractivity contribution in [1.29, 1.82) is 0 Å². The summed E-state index contributed by atoms with van der Waals surface area (Å²) in [6, 6.07) is 2.46. The van der Waals surface area contributed by atoms with Crippen LogP contribution < -0.4 is 11.1 Å². The summed E-state index contributed by atoms with van der Waals surface area (Å²) in [5.41, 5.74) is 7.48. The van der Waals surface area contributed by atoms with Crippen molar-refractivity contribution >= 4 is 18.3 Å². The van der Waals surface area contributed by atoms with Crippen LogP contribution in [0.4, 0.5) is 0 Å². The fraction of sp³-hybridized carbons (Fsp3) is 0.692. The molecule has 0 unspecified atom stereocenters. The van der Waals surface area contributed by atoms with Crippen LogP contribution in [0.3, 0.4) is 0 Å². The van der Waals surface area contributed by atoms with Gasteiger partial charge in [-0.25, -0.2) is 0 Å². The molecule has 6 heteroatoms. The summed E-state index contributed by atoms with van der Waals surface area (Å²) >= 11 is 0. The number of H-pyrrole nitrogens is 1. The normalized spacial score (nSPS) is 26.6. The van der Waals surface area contributed by atoms with Gasteiger partial charge in [0.1, 0.15) is 5.69 Å². The molecule has 5 nitrogen and oxygen atoms in total. The van der Waals surface area contributed by atoms with E-state index in [0.717, 1.165) is 31.4 Å². The zero-order valence-corrected chi connectivity index (χ0v) is 11.7. The van der Waals surface area contributed by atoms with Crippen LogP contribution in [0, 0.1) is 0 Å². The molecule has 0 spiro atoms. The third kappa shape index (κ3) is 3.48. The highest BCUT2D eigenvalue weighted by molar-refractivity contribution is 5.92. The third-order valence-electron chi connectivity index (χ3n) is 3.95. The molecule has 2 aliphatic carbocycles. The van der Waals surface area contributed by atoms with Gasteiger partial charge >= 0.3 is 0 Å². The number of amides is 1. The number of aromatic nitrogens is 2. The Labute approximate surface area is 119 Å². The zero-order chi connectivity index (χ0) is 12.5. The Morgan fingerprint density at radius 1 is 1.26 bits per heavy atom. The summed E-state index contributed by atoms with van der Waals surface area (Å²) in [7, 11) is 0. The molecule has 1 aromatic rings. The van der Waals surface area contributed by atoms with Crippen molar-refractivity contribution in [2.75, 3.05) is 0 Å². The Balaban J connectivity index is 0.00000133. The van der Waals surface area contributed by atoms with Gasteiger partial charge in [0.25, 0.3) is 5.91 Å². The maximum Gasteiger partial charge on any atom is 0.271 e. The molecular formula is C13H21ClN4O. The predicted molar refractivity (Wildman–Crippen MR) is 75.5 cm³/mol. The number of nitrogens with zero attached hydrogens (tertiary/aromatic N) is 1. The van der Waals surface area contributed by atoms with Gasteiger partial charge in [0.15, 0.2) is 0 Å². The Bertz CT molecular complexity index is 436. The van der Waals surface area contributed by atoms with E-state index in [1.54, 1.807) is 0 Å². The molecule has 19 heavy (non-hydrogen) atoms. The van der Waals surface area contributed by atoms with Crippen LogP contribution in [0.1, 0.15) is 60.6 Å². The van der Waals surface area contributed by atoms with Crippen LogP contribution in [0.25, 0.3) is 0 Å². The summed E-state index contributed by atoms with van der Waals surface area (Å²) < 4.78 is 0. The zero-order valence-electron chi connectivity index (χ0n) is 10.9. The van der Waals surface area contributed by atoms with Crippen LogP contribution in [0.5, 0.6) is 0 Å². The van der Waals surface area contributed by atoms with Crippen molar-refractivity contribution in [2.24, 2.45) is 5.73 Å². The molecular weight excluding hydrogens is 264 g/mol. The summed E-state index contributed by atoms with van der Waals surface area (Å²) in [4.78, 5) is 12.0. The molecule has 1 heterocycles. The number of rotatable bonds is 3. The molecule has 1 aromatic heterocycles. The molecule has 106 valence electrons. The fourth-order valence-electron chi connectivity index (χ4n) is 2.58. The van der Waals surface area contributed by atoms with Gasteiger partial charge in [-0.2, -0.15) is 5.10 Å². The average molecular weight is 285 g/mol. The molecule has 2 aliphatic rings. The van der Waals surface area contributed by atoms with E-state index in [1.165, 1.54) is 12.8 Å². The van der Waals surface area contributed by atoms with Gasteiger partial charge in [-0.1, -0.05) is 0 Å². The van der Waals surface area contributed by atoms with Gasteiger partial charge in [0, 0.05) is 23.7 Å². The summed E-state index contributed by atoms with van der Waals surface area (Å²) in [6.45, 7) is 0. The highest BCUT2D eigenvalue weighted by atomic mass is 35.5. The van der Waals surface area contributed by atoms with E-state index in [9.17, 15) is 4.79 Å². The lowest BCUT2D eigenvalue weighted by molar-refractivity contribution is 0.0921. The molecule has 3 rings (SSSR count). The SMILES string of the molecule is Cl.NC1CCC(NC(=O)c2cc(C3CC3)[nH]n2)CC1. The lowest BCUT2D eigenvalue weighted by Crippen LogP contribution is -2.40. The Morgan fingerprint density at radius 2 is 1.95 bits per heavy atom. The van der Waals surface area contributed by atoms with E-state index in [4.69, 9.17) is 5.73 Å². The van der Waals surface area contributed by atoms with Crippen LogP contribution in [0.15, 0.2) is 6.07 Å². The predicted octanol–water partition coefficient (Wildman–Crippen LogP) is 1.71. The second kappa shape index (κ2) is 5.92. The second-order valence-corrected chi connectivity index (χ2v) is 5.57. The van der Waals surface area contributed by atoms with Gasteiger partial charge in [0.2, 0.25) is 0 Å². The number of aromatic amines is 1. The Kier molecular flexibility index (Phi) is 4.47. The van der Waals surface area contributed by atoms with Crippen LogP contribution >= 0.6 is 12.4 Å². The maximum atomic E-state index is 12.0. The molecule has 0 atom stereocenters. The number of nitrogens with one attached hydrogen (secondary N) is 2. The van der Waals surface area contributed by atoms with E-state index in [0.29, 0.717) is 17.7 Å². The van der Waals surface area contributed by atoms with E-state index in [1.807, 2.05) is 6.07 Å². The summed E-state index contributed by atoms with van der Waals surface area (Å²) in [5.74, 6) is 0.547. The van der Waals surface area contributed by atoms with Crippen molar-refractivity contribution in [3.8, 4) is 0 Å². The number of carbonyl (C=O) groups excluding carboxylic acids is 1.